The van der Waals surface area contributed by atoms with Crippen LogP contribution in [0.2, 0.25) is 0 Å². The summed E-state index contributed by atoms with van der Waals surface area (Å²) < 4.78 is 37.8. The minimum Gasteiger partial charge on any atom is -0.299 e. The highest BCUT2D eigenvalue weighted by Gasteiger charge is 2.21. The van der Waals surface area contributed by atoms with Gasteiger partial charge in [0, 0.05) is 25.3 Å². The molecule has 0 saturated carbocycles. The molecule has 0 aliphatic carbocycles. The van der Waals surface area contributed by atoms with E-state index in [0.29, 0.717) is 0 Å². The maximum absolute atomic E-state index is 7.73. The van der Waals surface area contributed by atoms with Crippen LogP contribution in [-0.4, -0.2) is 23.4 Å². The van der Waals surface area contributed by atoms with Crippen molar-refractivity contribution in [2.45, 2.75) is 18.8 Å². The van der Waals surface area contributed by atoms with Gasteiger partial charge in [0.2, 0.25) is 0 Å². The van der Waals surface area contributed by atoms with E-state index in [4.69, 9.17) is 6.85 Å². The average Bonchev–Trinajstić information content (AvgIpc) is 2.56. The van der Waals surface area contributed by atoms with Gasteiger partial charge in [-0.1, -0.05) is 6.07 Å². The molecule has 12 heavy (non-hydrogen) atoms. The fourth-order valence-corrected chi connectivity index (χ4v) is 1.41. The molecule has 1 aromatic rings. The molecule has 0 spiro atoms. The summed E-state index contributed by atoms with van der Waals surface area (Å²) in [6.45, 7) is -2.34. The van der Waals surface area contributed by atoms with Crippen molar-refractivity contribution >= 4 is 0 Å². The molecule has 2 heterocycles. The molecule has 1 fully saturated rings. The van der Waals surface area contributed by atoms with E-state index in [2.05, 4.69) is 4.98 Å². The van der Waals surface area contributed by atoms with Crippen LogP contribution in [-0.2, 0) is 0 Å². The Bertz CT molecular complexity index is 389. The summed E-state index contributed by atoms with van der Waals surface area (Å²) in [6.07, 6.45) is 1.95. The molecule has 1 aliphatic heterocycles. The van der Waals surface area contributed by atoms with E-state index in [1.807, 2.05) is 0 Å². The van der Waals surface area contributed by atoms with Crippen LogP contribution in [0.3, 0.4) is 0 Å². The Morgan fingerprint density at radius 2 is 2.83 bits per heavy atom. The quantitative estimate of drug-likeness (QED) is 0.634. The van der Waals surface area contributed by atoms with E-state index in [0.717, 1.165) is 5.56 Å². The van der Waals surface area contributed by atoms with Gasteiger partial charge in [0.25, 0.3) is 0 Å². The van der Waals surface area contributed by atoms with Crippen molar-refractivity contribution in [3.8, 4) is 0 Å². The van der Waals surface area contributed by atoms with Crippen LogP contribution in [0.15, 0.2) is 24.5 Å². The Morgan fingerprint density at radius 1 is 1.83 bits per heavy atom. The summed E-state index contributed by atoms with van der Waals surface area (Å²) in [4.78, 5) is 5.20. The zero-order valence-electron chi connectivity index (χ0n) is 11.7. The molecular formula is C10H14N2. The number of pyridine rings is 1. The first-order valence-corrected chi connectivity index (χ1v) is 3.96. The smallest absolute Gasteiger partial charge is 0.0394 e. The van der Waals surface area contributed by atoms with Crippen LogP contribution in [0.4, 0.5) is 0 Å². The lowest BCUT2D eigenvalue weighted by Gasteiger charge is -2.18. The summed E-state index contributed by atoms with van der Waals surface area (Å²) in [6, 6.07) is 3.10. The fraction of sp³-hybridized carbons (Fsp3) is 0.500. The fourth-order valence-electron chi connectivity index (χ4n) is 1.41. The minimum absolute atomic E-state index is 0.0664. The second-order valence-electron chi connectivity index (χ2n) is 2.88. The highest BCUT2D eigenvalue weighted by molar-refractivity contribution is 5.14. The molecule has 0 aromatic carbocycles. The van der Waals surface area contributed by atoms with Gasteiger partial charge in [0.15, 0.2) is 0 Å². The van der Waals surface area contributed by atoms with Gasteiger partial charge in [-0.3, -0.25) is 9.88 Å². The molecule has 0 bridgehead atoms. The molecule has 1 aromatic heterocycles. The lowest BCUT2D eigenvalue weighted by Crippen LogP contribution is -2.17. The molecule has 0 radical (unpaired) electrons. The van der Waals surface area contributed by atoms with E-state index in [1.54, 1.807) is 24.5 Å². The molecule has 0 unspecified atom stereocenters. The lowest BCUT2D eigenvalue weighted by molar-refractivity contribution is 0.317. The van der Waals surface area contributed by atoms with Crippen LogP contribution in [0.25, 0.3) is 0 Å². The summed E-state index contributed by atoms with van der Waals surface area (Å²) in [5.41, 5.74) is 0.755. The number of hydrogen-bond donors (Lipinski definition) is 0. The molecule has 0 amide bonds. The van der Waals surface area contributed by atoms with Gasteiger partial charge in [0.1, 0.15) is 0 Å². The van der Waals surface area contributed by atoms with Gasteiger partial charge in [-0.25, -0.2) is 0 Å². The maximum atomic E-state index is 7.73. The van der Waals surface area contributed by atoms with E-state index < -0.39 is 19.4 Å². The number of nitrogens with zero attached hydrogens (tertiary/aromatic N) is 2. The van der Waals surface area contributed by atoms with Crippen LogP contribution in [0.5, 0.6) is 0 Å². The first-order chi connectivity index (χ1) is 7.80. The van der Waals surface area contributed by atoms with E-state index in [-0.39, 0.29) is 13.0 Å². The molecule has 1 atom stereocenters. The summed E-state index contributed by atoms with van der Waals surface area (Å²) >= 11 is 0. The standard InChI is InChI=1S/C10H14N2/c1-12-7-3-5-10(12)9-4-2-6-11-8-9/h2,4,6,8,10H,3,5,7H2,1H3/t10-/m0/s1/i1D3,3D2. The average molecular weight is 167 g/mol. The zero-order chi connectivity index (χ0) is 12.7. The summed E-state index contributed by atoms with van der Waals surface area (Å²) in [5, 5.41) is 0. The van der Waals surface area contributed by atoms with Gasteiger partial charge >= 0.3 is 0 Å². The molecule has 64 valence electrons. The second kappa shape index (κ2) is 3.23. The Hall–Kier alpha value is -0.890. The molecule has 1 saturated heterocycles. The third-order valence-corrected chi connectivity index (χ3v) is 2.07. The SMILES string of the molecule is [2H]C1([2H])C[C@@H](c2cccnc2)N(C([2H])([2H])[2H])C1. The Balaban J connectivity index is 2.32. The van der Waals surface area contributed by atoms with Gasteiger partial charge < -0.3 is 0 Å². The van der Waals surface area contributed by atoms with Crippen molar-refractivity contribution in [1.82, 2.24) is 9.88 Å². The van der Waals surface area contributed by atoms with Crippen molar-refractivity contribution in [1.29, 1.82) is 0 Å². The third-order valence-electron chi connectivity index (χ3n) is 2.07. The summed E-state index contributed by atoms with van der Waals surface area (Å²) in [5.74, 6) is 0. The monoisotopic (exact) mass is 167 g/mol. The van der Waals surface area contributed by atoms with E-state index in [1.165, 1.54) is 4.90 Å². The van der Waals surface area contributed by atoms with E-state index in [9.17, 15) is 0 Å². The topological polar surface area (TPSA) is 16.1 Å². The highest BCUT2D eigenvalue weighted by Crippen LogP contribution is 2.29. The lowest BCUT2D eigenvalue weighted by atomic mass is 10.1. The summed E-state index contributed by atoms with van der Waals surface area (Å²) in [7, 11) is 0. The molecule has 2 rings (SSSR count). The molecule has 2 heteroatoms. The van der Waals surface area contributed by atoms with Crippen LogP contribution in [0.1, 0.15) is 31.3 Å². The predicted octanol–water partition coefficient (Wildman–Crippen LogP) is 1.85. The van der Waals surface area contributed by atoms with Crippen molar-refractivity contribution in [2.24, 2.45) is 0 Å². The number of hydrogen-bond acceptors (Lipinski definition) is 2. The Labute approximate surface area is 80.3 Å². The van der Waals surface area contributed by atoms with Crippen LogP contribution >= 0.6 is 0 Å². The Morgan fingerprint density at radius 3 is 3.58 bits per heavy atom. The Kier molecular flexibility index (Phi) is 1.05. The van der Waals surface area contributed by atoms with Gasteiger partial charge in [-0.05, 0) is 37.9 Å². The minimum atomic E-state index is -2.27. The van der Waals surface area contributed by atoms with Crippen LogP contribution in [0, 0.1) is 0 Å². The highest BCUT2D eigenvalue weighted by atomic mass is 15.1. The maximum Gasteiger partial charge on any atom is 0.0394 e. The van der Waals surface area contributed by atoms with Crippen molar-refractivity contribution in [2.75, 3.05) is 13.5 Å². The van der Waals surface area contributed by atoms with Gasteiger partial charge in [-0.2, -0.15) is 0 Å². The van der Waals surface area contributed by atoms with Crippen LogP contribution < -0.4 is 0 Å². The predicted molar refractivity (Wildman–Crippen MR) is 48.8 cm³/mol. The largest absolute Gasteiger partial charge is 0.299 e. The zero-order valence-corrected chi connectivity index (χ0v) is 6.70. The first kappa shape index (κ1) is 3.88. The molecular weight excluding hydrogens is 148 g/mol. The molecule has 2 nitrogen and oxygen atoms in total. The van der Waals surface area contributed by atoms with Crippen molar-refractivity contribution < 1.29 is 6.85 Å². The third kappa shape index (κ3) is 1.34. The van der Waals surface area contributed by atoms with Gasteiger partial charge in [-0.15, -0.1) is 0 Å². The normalized spacial score (nSPS) is 36.0. The molecule has 1 aliphatic rings. The number of aromatic nitrogens is 1. The molecule has 0 N–H and O–H groups in total. The van der Waals surface area contributed by atoms with Gasteiger partial charge in [0.05, 0.1) is 0 Å². The van der Waals surface area contributed by atoms with Crippen molar-refractivity contribution in [3.05, 3.63) is 30.1 Å². The number of rotatable bonds is 1. The second-order valence-corrected chi connectivity index (χ2v) is 2.88. The van der Waals surface area contributed by atoms with Crippen molar-refractivity contribution in [3.63, 3.8) is 0 Å². The van der Waals surface area contributed by atoms with E-state index >= 15 is 0 Å². The number of likely N-dealkylation sites (tertiary alicyclic amines) is 1. The first-order valence-electron chi connectivity index (χ1n) is 6.46.